The molecule has 0 amide bonds. The van der Waals surface area contributed by atoms with E-state index in [9.17, 15) is 4.79 Å². The van der Waals surface area contributed by atoms with Gasteiger partial charge in [-0.1, -0.05) is 33.1 Å². The van der Waals surface area contributed by atoms with Crippen molar-refractivity contribution in [2.75, 3.05) is 6.79 Å². The zero-order valence-corrected chi connectivity index (χ0v) is 16.6. The van der Waals surface area contributed by atoms with Gasteiger partial charge in [0, 0.05) is 6.42 Å². The first-order valence-corrected chi connectivity index (χ1v) is 11.0. The molecule has 0 heterocycles. The molecule has 4 nitrogen and oxygen atoms in total. The summed E-state index contributed by atoms with van der Waals surface area (Å²) in [5, 5.41) is 0. The summed E-state index contributed by atoms with van der Waals surface area (Å²) in [5.74, 6) is 1.28. The topological polar surface area (TPSA) is 44.8 Å². The second kappa shape index (κ2) is 7.43. The van der Waals surface area contributed by atoms with Crippen LogP contribution in [0.25, 0.3) is 0 Å². The number of ether oxygens (including phenoxy) is 3. The second-order valence-corrected chi connectivity index (χ2v) is 9.75. The van der Waals surface area contributed by atoms with Gasteiger partial charge in [-0.15, -0.1) is 0 Å². The van der Waals surface area contributed by atoms with Crippen LogP contribution in [0.4, 0.5) is 0 Å². The van der Waals surface area contributed by atoms with Gasteiger partial charge in [-0.05, 0) is 63.2 Å². The summed E-state index contributed by atoms with van der Waals surface area (Å²) in [6.45, 7) is 4.45. The minimum atomic E-state index is -0.268. The molecule has 5 saturated carbocycles. The van der Waals surface area contributed by atoms with Gasteiger partial charge in [-0.3, -0.25) is 4.79 Å². The molecule has 26 heavy (non-hydrogen) atoms. The number of carbonyl (C=O) groups excluding carboxylic acids is 1. The summed E-state index contributed by atoms with van der Waals surface area (Å²) in [7, 11) is 0. The average Bonchev–Trinajstić information content (AvgIpc) is 2.60. The maximum absolute atomic E-state index is 12.5. The van der Waals surface area contributed by atoms with E-state index in [1.807, 2.05) is 6.92 Å². The molecule has 4 bridgehead atoms. The Bertz CT molecular complexity index is 496. The molecule has 0 aromatic heterocycles. The molecule has 3 unspecified atom stereocenters. The van der Waals surface area contributed by atoms with Gasteiger partial charge in [-0.25, -0.2) is 0 Å². The number of rotatable bonds is 7. The van der Waals surface area contributed by atoms with E-state index in [0.29, 0.717) is 24.7 Å². The van der Waals surface area contributed by atoms with E-state index in [1.54, 1.807) is 0 Å². The fourth-order valence-electron chi connectivity index (χ4n) is 6.35. The predicted molar refractivity (Wildman–Crippen MR) is 99.6 cm³/mol. The fourth-order valence-corrected chi connectivity index (χ4v) is 6.35. The van der Waals surface area contributed by atoms with Gasteiger partial charge in [0.05, 0.1) is 17.6 Å². The van der Waals surface area contributed by atoms with E-state index in [2.05, 4.69) is 6.92 Å². The van der Waals surface area contributed by atoms with Crippen molar-refractivity contribution >= 4 is 5.97 Å². The van der Waals surface area contributed by atoms with E-state index in [-0.39, 0.29) is 23.1 Å². The van der Waals surface area contributed by atoms with E-state index in [1.165, 1.54) is 38.5 Å². The normalized spacial score (nSPS) is 40.5. The quantitative estimate of drug-likeness (QED) is 0.471. The highest BCUT2D eigenvalue weighted by Crippen LogP contribution is 2.60. The molecule has 5 fully saturated rings. The highest BCUT2D eigenvalue weighted by molar-refractivity contribution is 5.72. The Balaban J connectivity index is 1.38. The van der Waals surface area contributed by atoms with Crippen molar-refractivity contribution in [3.8, 4) is 0 Å². The third-order valence-corrected chi connectivity index (χ3v) is 7.51. The highest BCUT2D eigenvalue weighted by Gasteiger charge is 2.60. The van der Waals surface area contributed by atoms with E-state index in [0.717, 1.165) is 38.5 Å². The maximum Gasteiger partial charge on any atom is 0.309 e. The van der Waals surface area contributed by atoms with Crippen LogP contribution >= 0.6 is 0 Å². The Hall–Kier alpha value is -0.610. The van der Waals surface area contributed by atoms with Crippen LogP contribution < -0.4 is 0 Å². The predicted octanol–water partition coefficient (Wildman–Crippen LogP) is 4.99. The standard InChI is InChI=1S/C22H36O4/c1-3-16(2)20(23)26-22-12-17-9-18(13-22)11-21(10-17,14-22)25-15-24-19-7-5-4-6-8-19/h16-19H,3-15H2,1-2H3. The van der Waals surface area contributed by atoms with E-state index >= 15 is 0 Å². The van der Waals surface area contributed by atoms with Gasteiger partial charge in [-0.2, -0.15) is 0 Å². The minimum absolute atomic E-state index is 0.00509. The molecule has 0 aromatic carbocycles. The molecule has 148 valence electrons. The molecule has 0 N–H and O–H groups in total. The average molecular weight is 365 g/mol. The molecule has 5 rings (SSSR count). The Morgan fingerprint density at radius 1 is 1.04 bits per heavy atom. The molecule has 0 radical (unpaired) electrons. The first kappa shape index (κ1) is 18.7. The van der Waals surface area contributed by atoms with Gasteiger partial charge >= 0.3 is 5.97 Å². The van der Waals surface area contributed by atoms with Crippen molar-refractivity contribution in [3.63, 3.8) is 0 Å². The molecule has 0 aliphatic heterocycles. The molecule has 0 spiro atoms. The SMILES string of the molecule is CCC(C)C(=O)OC12CC3CC(CC(OCOC4CCCCC4)(C3)C1)C2. The van der Waals surface area contributed by atoms with Crippen molar-refractivity contribution < 1.29 is 19.0 Å². The summed E-state index contributed by atoms with van der Waals surface area (Å²) in [6, 6.07) is 0. The monoisotopic (exact) mass is 364 g/mol. The summed E-state index contributed by atoms with van der Waals surface area (Å²) < 4.78 is 18.7. The zero-order chi connectivity index (χ0) is 18.2. The highest BCUT2D eigenvalue weighted by atomic mass is 16.7. The summed E-state index contributed by atoms with van der Waals surface area (Å²) >= 11 is 0. The van der Waals surface area contributed by atoms with Crippen LogP contribution in [0, 0.1) is 17.8 Å². The molecular weight excluding hydrogens is 328 g/mol. The van der Waals surface area contributed by atoms with Crippen LogP contribution in [0.1, 0.15) is 90.9 Å². The van der Waals surface area contributed by atoms with Crippen molar-refractivity contribution in [2.24, 2.45) is 17.8 Å². The van der Waals surface area contributed by atoms with Crippen molar-refractivity contribution in [1.82, 2.24) is 0 Å². The molecule has 5 aliphatic carbocycles. The number of hydrogen-bond acceptors (Lipinski definition) is 4. The third kappa shape index (κ3) is 3.82. The van der Waals surface area contributed by atoms with Crippen molar-refractivity contribution in [1.29, 1.82) is 0 Å². The van der Waals surface area contributed by atoms with Crippen LogP contribution in [0.2, 0.25) is 0 Å². The third-order valence-electron chi connectivity index (χ3n) is 7.51. The Kier molecular flexibility index (Phi) is 5.35. The lowest BCUT2D eigenvalue weighted by atomic mass is 9.52. The van der Waals surface area contributed by atoms with Crippen LogP contribution in [0.5, 0.6) is 0 Å². The first-order valence-electron chi connectivity index (χ1n) is 11.0. The Labute approximate surface area is 158 Å². The van der Waals surface area contributed by atoms with Crippen molar-refractivity contribution in [3.05, 3.63) is 0 Å². The van der Waals surface area contributed by atoms with E-state index < -0.39 is 0 Å². The zero-order valence-electron chi connectivity index (χ0n) is 16.6. The van der Waals surface area contributed by atoms with Gasteiger partial charge in [0.2, 0.25) is 0 Å². The largest absolute Gasteiger partial charge is 0.459 e. The molecule has 3 atom stereocenters. The van der Waals surface area contributed by atoms with Gasteiger partial charge in [0.1, 0.15) is 12.4 Å². The Morgan fingerprint density at radius 2 is 1.69 bits per heavy atom. The van der Waals surface area contributed by atoms with Crippen LogP contribution in [0.3, 0.4) is 0 Å². The van der Waals surface area contributed by atoms with Gasteiger partial charge < -0.3 is 14.2 Å². The fraction of sp³-hybridized carbons (Fsp3) is 0.955. The lowest BCUT2D eigenvalue weighted by Crippen LogP contribution is -2.61. The molecule has 0 saturated heterocycles. The van der Waals surface area contributed by atoms with Crippen LogP contribution in [0.15, 0.2) is 0 Å². The Morgan fingerprint density at radius 3 is 2.35 bits per heavy atom. The first-order chi connectivity index (χ1) is 12.5. The maximum atomic E-state index is 12.5. The molecule has 4 heteroatoms. The summed E-state index contributed by atoms with van der Waals surface area (Å²) in [5.41, 5.74) is -0.385. The second-order valence-electron chi connectivity index (χ2n) is 9.75. The molecule has 0 aromatic rings. The van der Waals surface area contributed by atoms with Crippen LogP contribution in [-0.4, -0.2) is 30.1 Å². The van der Waals surface area contributed by atoms with Gasteiger partial charge in [0.15, 0.2) is 0 Å². The van der Waals surface area contributed by atoms with E-state index in [4.69, 9.17) is 14.2 Å². The lowest BCUT2D eigenvalue weighted by molar-refractivity contribution is -0.260. The van der Waals surface area contributed by atoms with Crippen LogP contribution in [-0.2, 0) is 19.0 Å². The van der Waals surface area contributed by atoms with Gasteiger partial charge in [0.25, 0.3) is 0 Å². The smallest absolute Gasteiger partial charge is 0.309 e. The summed E-state index contributed by atoms with van der Waals surface area (Å²) in [4.78, 5) is 12.5. The molecule has 5 aliphatic rings. The number of carbonyl (C=O) groups is 1. The molecular formula is C22H36O4. The summed E-state index contributed by atoms with van der Waals surface area (Å²) in [6.07, 6.45) is 14.0. The minimum Gasteiger partial charge on any atom is -0.459 e. The van der Waals surface area contributed by atoms with Crippen molar-refractivity contribution in [2.45, 2.75) is 108 Å². The number of esters is 1. The number of hydrogen-bond donors (Lipinski definition) is 0. The lowest BCUT2D eigenvalue weighted by Gasteiger charge is -2.60.